The van der Waals surface area contributed by atoms with Crippen LogP contribution in [0.5, 0.6) is 5.75 Å². The molecule has 0 fully saturated rings. The minimum absolute atomic E-state index is 0.141. The lowest BCUT2D eigenvalue weighted by molar-refractivity contribution is 0.251. The van der Waals surface area contributed by atoms with Crippen LogP contribution in [0.1, 0.15) is 25.1 Å². The number of aromatic nitrogens is 6. The molecule has 0 saturated heterocycles. The second kappa shape index (κ2) is 12.4. The van der Waals surface area contributed by atoms with Crippen molar-refractivity contribution in [3.05, 3.63) is 109 Å². The monoisotopic (exact) mass is 622 g/mol. The smallest absolute Gasteiger partial charge is 0.320 e. The minimum Gasteiger partial charge on any atom is -0.507 e. The summed E-state index contributed by atoms with van der Waals surface area (Å²) < 4.78 is 3.33. The van der Waals surface area contributed by atoms with Crippen molar-refractivity contribution in [3.8, 4) is 22.8 Å². The highest BCUT2D eigenvalue weighted by Gasteiger charge is 2.25. The van der Waals surface area contributed by atoms with Gasteiger partial charge in [-0.1, -0.05) is 42.1 Å². The molecular formula is C32H30N8O2S2. The summed E-state index contributed by atoms with van der Waals surface area (Å²) in [6.07, 6.45) is 7.40. The van der Waals surface area contributed by atoms with Gasteiger partial charge in [0.25, 0.3) is 0 Å². The Bertz CT molecular complexity index is 1940. The Kier molecular flexibility index (Phi) is 8.27. The van der Waals surface area contributed by atoms with Crippen LogP contribution in [-0.2, 0) is 11.3 Å². The first-order valence-corrected chi connectivity index (χ1v) is 15.9. The van der Waals surface area contributed by atoms with E-state index < -0.39 is 0 Å². The highest BCUT2D eigenvalue weighted by molar-refractivity contribution is 7.99. The van der Waals surface area contributed by atoms with Crippen LogP contribution in [0.3, 0.4) is 0 Å². The second-order valence-electron chi connectivity index (χ2n) is 10.4. The number of urea groups is 1. The Balaban J connectivity index is 1.19. The molecule has 0 radical (unpaired) electrons. The van der Waals surface area contributed by atoms with Crippen LogP contribution < -0.4 is 10.6 Å². The number of amides is 2. The topological polar surface area (TPSA) is 122 Å². The number of rotatable bonds is 9. The number of nitrogens with one attached hydrogen (secondary N) is 2. The summed E-state index contributed by atoms with van der Waals surface area (Å²) in [6.45, 7) is 4.51. The fraction of sp³-hybridized carbons (Fsp3) is 0.156. The minimum atomic E-state index is -0.346. The number of fused-ring (bicyclic) bond motifs is 1. The molecule has 3 N–H and O–H groups in total. The van der Waals surface area contributed by atoms with Crippen LogP contribution in [0.4, 0.5) is 10.6 Å². The standard InChI is InChI=1S/C32H30N8O2S2/c1-32(2,43-3)27-17-29(40(38-27)22-10-8-16-33-19-22)35-31(42)34-18-21-9-4-7-13-26(21)44-23-14-15-28-36-37-30(39(28)20-23)24-11-5-6-12-25(24)41/h4-17,19-20,41H,18H2,1-3H3,(H2,34,35,42). The maximum Gasteiger partial charge on any atom is 0.320 e. The number of anilines is 1. The number of carbonyl (C=O) groups excluding carboxylic acids is 1. The summed E-state index contributed by atoms with van der Waals surface area (Å²) in [6, 6.07) is 24.2. The molecule has 4 aromatic heterocycles. The molecule has 0 aliphatic carbocycles. The number of para-hydroxylation sites is 1. The lowest BCUT2D eigenvalue weighted by Gasteiger charge is -2.18. The van der Waals surface area contributed by atoms with Crippen molar-refractivity contribution >= 4 is 41.0 Å². The molecule has 44 heavy (non-hydrogen) atoms. The highest BCUT2D eigenvalue weighted by Crippen LogP contribution is 2.35. The van der Waals surface area contributed by atoms with Gasteiger partial charge in [0, 0.05) is 34.8 Å². The van der Waals surface area contributed by atoms with Gasteiger partial charge in [-0.15, -0.1) is 10.2 Å². The maximum absolute atomic E-state index is 13.2. The Hall–Kier alpha value is -4.81. The van der Waals surface area contributed by atoms with Gasteiger partial charge in [-0.2, -0.15) is 16.9 Å². The summed E-state index contributed by atoms with van der Waals surface area (Å²) in [5, 5.41) is 29.7. The van der Waals surface area contributed by atoms with Gasteiger partial charge in [0.05, 0.1) is 27.9 Å². The summed E-state index contributed by atoms with van der Waals surface area (Å²) in [7, 11) is 0. The third-order valence-electron chi connectivity index (χ3n) is 7.13. The van der Waals surface area contributed by atoms with E-state index in [1.807, 2.05) is 83.6 Å². The lowest BCUT2D eigenvalue weighted by atomic mass is 10.1. The number of hydrogen-bond donors (Lipinski definition) is 3. The van der Waals surface area contributed by atoms with E-state index in [1.54, 1.807) is 52.7 Å². The largest absolute Gasteiger partial charge is 0.507 e. The Labute approximate surface area is 263 Å². The Morgan fingerprint density at radius 3 is 2.61 bits per heavy atom. The number of phenolic OH excluding ortho intramolecular Hbond substituents is 1. The molecule has 0 aliphatic rings. The number of carbonyl (C=O) groups is 1. The molecule has 0 spiro atoms. The van der Waals surface area contributed by atoms with Crippen molar-refractivity contribution in [1.82, 2.24) is 34.7 Å². The Morgan fingerprint density at radius 2 is 1.82 bits per heavy atom. The van der Waals surface area contributed by atoms with Crippen molar-refractivity contribution in [3.63, 3.8) is 0 Å². The first-order valence-electron chi connectivity index (χ1n) is 13.8. The molecule has 4 heterocycles. The van der Waals surface area contributed by atoms with Crippen molar-refractivity contribution < 1.29 is 9.90 Å². The van der Waals surface area contributed by atoms with E-state index in [0.29, 0.717) is 29.4 Å². The predicted molar refractivity (Wildman–Crippen MR) is 174 cm³/mol. The van der Waals surface area contributed by atoms with Crippen LogP contribution in [0.15, 0.2) is 107 Å². The highest BCUT2D eigenvalue weighted by atomic mass is 32.2. The zero-order chi connectivity index (χ0) is 30.7. The third kappa shape index (κ3) is 6.12. The number of benzene rings is 2. The normalized spacial score (nSPS) is 11.5. The number of thioether (sulfide) groups is 1. The molecule has 2 aromatic carbocycles. The van der Waals surface area contributed by atoms with Gasteiger partial charge in [-0.3, -0.25) is 14.7 Å². The molecule has 6 aromatic rings. The van der Waals surface area contributed by atoms with Crippen LogP contribution in [0, 0.1) is 0 Å². The van der Waals surface area contributed by atoms with Crippen LogP contribution in [0.2, 0.25) is 0 Å². The molecule has 2 amide bonds. The van der Waals surface area contributed by atoms with Gasteiger partial charge in [-0.25, -0.2) is 9.48 Å². The predicted octanol–water partition coefficient (Wildman–Crippen LogP) is 6.75. The number of aromatic hydroxyl groups is 1. The molecular weight excluding hydrogens is 593 g/mol. The van der Waals surface area contributed by atoms with Crippen molar-refractivity contribution in [1.29, 1.82) is 0 Å². The molecule has 0 saturated carbocycles. The molecule has 10 nitrogen and oxygen atoms in total. The van der Waals surface area contributed by atoms with E-state index in [0.717, 1.165) is 26.7 Å². The average molecular weight is 623 g/mol. The van der Waals surface area contributed by atoms with E-state index in [4.69, 9.17) is 5.10 Å². The SMILES string of the molecule is CSC(C)(C)c1cc(NC(=O)NCc2ccccc2Sc2ccc3nnc(-c4ccccc4O)n3c2)n(-c2cccnc2)n1. The molecule has 6 rings (SSSR count). The van der Waals surface area contributed by atoms with Gasteiger partial charge in [0.2, 0.25) is 0 Å². The zero-order valence-corrected chi connectivity index (χ0v) is 25.9. The molecule has 12 heteroatoms. The second-order valence-corrected chi connectivity index (χ2v) is 12.9. The zero-order valence-electron chi connectivity index (χ0n) is 24.3. The maximum atomic E-state index is 13.2. The Morgan fingerprint density at radius 1 is 1.00 bits per heavy atom. The average Bonchev–Trinajstić information content (AvgIpc) is 3.66. The summed E-state index contributed by atoms with van der Waals surface area (Å²) >= 11 is 3.26. The van der Waals surface area contributed by atoms with Gasteiger partial charge >= 0.3 is 6.03 Å². The third-order valence-corrected chi connectivity index (χ3v) is 9.45. The molecule has 0 bridgehead atoms. The molecule has 222 valence electrons. The van der Waals surface area contributed by atoms with Crippen molar-refractivity contribution in [2.24, 2.45) is 0 Å². The van der Waals surface area contributed by atoms with Crippen LogP contribution in [0.25, 0.3) is 22.7 Å². The number of hydrogen-bond acceptors (Lipinski definition) is 8. The van der Waals surface area contributed by atoms with Crippen molar-refractivity contribution in [2.75, 3.05) is 11.6 Å². The number of nitrogens with zero attached hydrogens (tertiary/aromatic N) is 6. The fourth-order valence-corrected chi connectivity index (χ4v) is 5.81. The van der Waals surface area contributed by atoms with Gasteiger partial charge in [0.15, 0.2) is 11.5 Å². The van der Waals surface area contributed by atoms with Crippen LogP contribution >= 0.6 is 23.5 Å². The van der Waals surface area contributed by atoms with Crippen molar-refractivity contribution in [2.45, 2.75) is 34.9 Å². The van der Waals surface area contributed by atoms with E-state index >= 15 is 0 Å². The van der Waals surface area contributed by atoms with Gasteiger partial charge in [-0.05, 0) is 68.1 Å². The van der Waals surface area contributed by atoms with E-state index in [9.17, 15) is 9.90 Å². The summed E-state index contributed by atoms with van der Waals surface area (Å²) in [4.78, 5) is 19.3. The van der Waals surface area contributed by atoms with Gasteiger partial charge in [0.1, 0.15) is 11.6 Å². The van der Waals surface area contributed by atoms with E-state index in [2.05, 4.69) is 39.7 Å². The summed E-state index contributed by atoms with van der Waals surface area (Å²) in [5.74, 6) is 1.25. The first-order chi connectivity index (χ1) is 21.3. The molecule has 0 aliphatic heterocycles. The van der Waals surface area contributed by atoms with E-state index in [1.165, 1.54) is 0 Å². The number of phenols is 1. The molecule has 0 unspecified atom stereocenters. The molecule has 0 atom stereocenters. The lowest BCUT2D eigenvalue weighted by Crippen LogP contribution is -2.29. The quantitative estimate of drug-likeness (QED) is 0.162. The van der Waals surface area contributed by atoms with Gasteiger partial charge < -0.3 is 10.4 Å². The summed E-state index contributed by atoms with van der Waals surface area (Å²) in [5.41, 5.74) is 3.84. The van der Waals surface area contributed by atoms with E-state index in [-0.39, 0.29) is 16.5 Å². The number of pyridine rings is 2. The van der Waals surface area contributed by atoms with Crippen LogP contribution in [-0.4, -0.2) is 46.8 Å². The first kappa shape index (κ1) is 29.3. The fourth-order valence-electron chi connectivity index (χ4n) is 4.54.